The van der Waals surface area contributed by atoms with Gasteiger partial charge in [-0.05, 0) is 58.5 Å². The molecule has 164 valence electrons. The molecule has 1 aliphatic heterocycles. The standard InChI is InChI=1S/C22H31Cl2N5O/c1-16-19(17(2)29(26-16)21-7-6-18(23)14-20(21)24)15-22(30)25-8-4-5-9-28-12-10-27(3)11-13-28/h6-7,14H,4-5,8-13,15H2,1-3H3,(H,25,30). The summed E-state index contributed by atoms with van der Waals surface area (Å²) < 4.78 is 1.78. The quantitative estimate of drug-likeness (QED) is 0.624. The van der Waals surface area contributed by atoms with Crippen LogP contribution in [0.3, 0.4) is 0 Å². The number of hydrogen-bond acceptors (Lipinski definition) is 4. The van der Waals surface area contributed by atoms with Gasteiger partial charge in [0.15, 0.2) is 0 Å². The number of aromatic nitrogens is 2. The molecule has 1 fully saturated rings. The van der Waals surface area contributed by atoms with Crippen LogP contribution in [0.2, 0.25) is 10.0 Å². The molecule has 1 amide bonds. The van der Waals surface area contributed by atoms with Crippen molar-refractivity contribution in [3.63, 3.8) is 0 Å². The number of nitrogens with one attached hydrogen (secondary N) is 1. The van der Waals surface area contributed by atoms with Crippen molar-refractivity contribution in [2.75, 3.05) is 46.3 Å². The minimum Gasteiger partial charge on any atom is -0.356 e. The summed E-state index contributed by atoms with van der Waals surface area (Å²) in [6.07, 6.45) is 2.42. The lowest BCUT2D eigenvalue weighted by Crippen LogP contribution is -2.44. The highest BCUT2D eigenvalue weighted by Gasteiger charge is 2.17. The number of piperazine rings is 1. The van der Waals surface area contributed by atoms with Gasteiger partial charge in [0, 0.05) is 49.0 Å². The summed E-state index contributed by atoms with van der Waals surface area (Å²) in [7, 11) is 2.17. The first kappa shape index (κ1) is 23.1. The molecule has 2 aromatic rings. The first-order valence-corrected chi connectivity index (χ1v) is 11.3. The molecular weight excluding hydrogens is 421 g/mol. The highest BCUT2D eigenvalue weighted by Crippen LogP contribution is 2.27. The first-order chi connectivity index (χ1) is 14.3. The first-order valence-electron chi connectivity index (χ1n) is 10.5. The van der Waals surface area contributed by atoms with Gasteiger partial charge in [0.25, 0.3) is 0 Å². The molecule has 2 heterocycles. The lowest BCUT2D eigenvalue weighted by Gasteiger charge is -2.32. The van der Waals surface area contributed by atoms with Crippen LogP contribution >= 0.6 is 23.2 Å². The van der Waals surface area contributed by atoms with Crippen molar-refractivity contribution >= 4 is 29.1 Å². The molecule has 8 heteroatoms. The molecule has 1 saturated heterocycles. The van der Waals surface area contributed by atoms with Gasteiger partial charge in [0.05, 0.1) is 22.8 Å². The zero-order valence-electron chi connectivity index (χ0n) is 18.0. The number of unbranched alkanes of at least 4 members (excludes halogenated alkanes) is 1. The van der Waals surface area contributed by atoms with E-state index in [4.69, 9.17) is 23.2 Å². The zero-order chi connectivity index (χ0) is 21.7. The van der Waals surface area contributed by atoms with Gasteiger partial charge in [-0.15, -0.1) is 0 Å². The average Bonchev–Trinajstić information content (AvgIpc) is 2.97. The van der Waals surface area contributed by atoms with Crippen molar-refractivity contribution in [3.05, 3.63) is 45.2 Å². The number of hydrogen-bond donors (Lipinski definition) is 1. The summed E-state index contributed by atoms with van der Waals surface area (Å²) in [6, 6.07) is 5.32. The molecule has 0 aliphatic carbocycles. The molecule has 1 aromatic heterocycles. The predicted octanol–water partition coefficient (Wildman–Crippen LogP) is 3.48. The Hall–Kier alpha value is -1.60. The number of rotatable bonds is 8. The summed E-state index contributed by atoms with van der Waals surface area (Å²) in [5.41, 5.74) is 3.46. The molecule has 0 spiro atoms. The Kier molecular flexibility index (Phi) is 8.17. The fraction of sp³-hybridized carbons (Fsp3) is 0.545. The fourth-order valence-corrected chi connectivity index (χ4v) is 4.29. The SMILES string of the molecule is Cc1nn(-c2ccc(Cl)cc2Cl)c(C)c1CC(=O)NCCCCN1CCN(C)CC1. The fourth-order valence-electron chi connectivity index (χ4n) is 3.80. The maximum absolute atomic E-state index is 12.5. The molecule has 0 unspecified atom stereocenters. The lowest BCUT2D eigenvalue weighted by molar-refractivity contribution is -0.120. The second-order valence-corrected chi connectivity index (χ2v) is 8.88. The maximum atomic E-state index is 12.5. The van der Waals surface area contributed by atoms with E-state index in [1.54, 1.807) is 16.8 Å². The van der Waals surface area contributed by atoms with Crippen LogP contribution in [-0.4, -0.2) is 71.8 Å². The van der Waals surface area contributed by atoms with E-state index in [1.807, 2.05) is 19.9 Å². The number of halogens is 2. The second kappa shape index (κ2) is 10.6. The number of amides is 1. The Morgan fingerprint density at radius 1 is 1.13 bits per heavy atom. The average molecular weight is 452 g/mol. The number of carbonyl (C=O) groups is 1. The van der Waals surface area contributed by atoms with Crippen molar-refractivity contribution in [2.45, 2.75) is 33.1 Å². The highest BCUT2D eigenvalue weighted by atomic mass is 35.5. The van der Waals surface area contributed by atoms with Gasteiger partial charge in [0.2, 0.25) is 5.91 Å². The molecule has 1 N–H and O–H groups in total. The number of carbonyl (C=O) groups excluding carboxylic acids is 1. The summed E-state index contributed by atoms with van der Waals surface area (Å²) >= 11 is 12.3. The summed E-state index contributed by atoms with van der Waals surface area (Å²) in [5.74, 6) is 0.0301. The van der Waals surface area contributed by atoms with E-state index < -0.39 is 0 Å². The molecule has 6 nitrogen and oxygen atoms in total. The molecular formula is C22H31Cl2N5O. The van der Waals surface area contributed by atoms with Crippen LogP contribution in [0.4, 0.5) is 0 Å². The minimum absolute atomic E-state index is 0.0301. The van der Waals surface area contributed by atoms with Crippen LogP contribution in [0, 0.1) is 13.8 Å². The highest BCUT2D eigenvalue weighted by molar-refractivity contribution is 6.35. The van der Waals surface area contributed by atoms with Gasteiger partial charge in [-0.3, -0.25) is 4.79 Å². The van der Waals surface area contributed by atoms with E-state index >= 15 is 0 Å². The van der Waals surface area contributed by atoms with Gasteiger partial charge in [-0.25, -0.2) is 4.68 Å². The summed E-state index contributed by atoms with van der Waals surface area (Å²) in [4.78, 5) is 17.3. The second-order valence-electron chi connectivity index (χ2n) is 8.04. The largest absolute Gasteiger partial charge is 0.356 e. The topological polar surface area (TPSA) is 53.4 Å². The van der Waals surface area contributed by atoms with Crippen molar-refractivity contribution in [2.24, 2.45) is 0 Å². The van der Waals surface area contributed by atoms with E-state index in [-0.39, 0.29) is 5.91 Å². The van der Waals surface area contributed by atoms with Gasteiger partial charge in [0.1, 0.15) is 0 Å². The van der Waals surface area contributed by atoms with Crippen LogP contribution in [0.5, 0.6) is 0 Å². The maximum Gasteiger partial charge on any atom is 0.224 e. The van der Waals surface area contributed by atoms with Gasteiger partial charge in [-0.2, -0.15) is 5.10 Å². The molecule has 1 aliphatic rings. The zero-order valence-corrected chi connectivity index (χ0v) is 19.6. The van der Waals surface area contributed by atoms with Gasteiger partial charge >= 0.3 is 0 Å². The number of nitrogens with zero attached hydrogens (tertiary/aromatic N) is 4. The van der Waals surface area contributed by atoms with Crippen LogP contribution in [0.25, 0.3) is 5.69 Å². The Balaban J connectivity index is 1.48. The predicted molar refractivity (Wildman–Crippen MR) is 123 cm³/mol. The molecule has 0 radical (unpaired) electrons. The Morgan fingerprint density at radius 2 is 1.87 bits per heavy atom. The van der Waals surface area contributed by atoms with Crippen LogP contribution in [-0.2, 0) is 11.2 Å². The molecule has 1 aromatic carbocycles. The normalized spacial score (nSPS) is 15.5. The minimum atomic E-state index is 0.0301. The lowest BCUT2D eigenvalue weighted by atomic mass is 10.1. The molecule has 0 bridgehead atoms. The third-order valence-electron chi connectivity index (χ3n) is 5.74. The number of likely N-dealkylation sites (N-methyl/N-ethyl adjacent to an activating group) is 1. The van der Waals surface area contributed by atoms with E-state index in [0.717, 1.165) is 68.2 Å². The smallest absolute Gasteiger partial charge is 0.224 e. The Morgan fingerprint density at radius 3 is 2.57 bits per heavy atom. The van der Waals surface area contributed by atoms with E-state index in [0.29, 0.717) is 23.0 Å². The third kappa shape index (κ3) is 5.97. The number of aryl methyl sites for hydroxylation is 1. The Labute approximate surface area is 189 Å². The third-order valence-corrected chi connectivity index (χ3v) is 6.27. The number of benzene rings is 1. The van der Waals surface area contributed by atoms with E-state index in [2.05, 4.69) is 27.3 Å². The van der Waals surface area contributed by atoms with Crippen LogP contribution in [0.15, 0.2) is 18.2 Å². The van der Waals surface area contributed by atoms with Crippen molar-refractivity contribution in [1.29, 1.82) is 0 Å². The van der Waals surface area contributed by atoms with E-state index in [9.17, 15) is 4.79 Å². The van der Waals surface area contributed by atoms with E-state index in [1.165, 1.54) is 0 Å². The van der Waals surface area contributed by atoms with Crippen molar-refractivity contribution < 1.29 is 4.79 Å². The Bertz CT molecular complexity index is 875. The van der Waals surface area contributed by atoms with Crippen molar-refractivity contribution in [1.82, 2.24) is 24.9 Å². The molecule has 3 rings (SSSR count). The summed E-state index contributed by atoms with van der Waals surface area (Å²) in [6.45, 7) is 10.3. The monoisotopic (exact) mass is 451 g/mol. The molecule has 30 heavy (non-hydrogen) atoms. The van der Waals surface area contributed by atoms with Crippen molar-refractivity contribution in [3.8, 4) is 5.69 Å². The van der Waals surface area contributed by atoms with Gasteiger partial charge in [-0.1, -0.05) is 23.2 Å². The summed E-state index contributed by atoms with van der Waals surface area (Å²) in [5, 5.41) is 8.76. The van der Waals surface area contributed by atoms with Crippen LogP contribution in [0.1, 0.15) is 29.8 Å². The van der Waals surface area contributed by atoms with Gasteiger partial charge < -0.3 is 15.1 Å². The molecule has 0 atom stereocenters. The molecule has 0 saturated carbocycles. The van der Waals surface area contributed by atoms with Crippen LogP contribution < -0.4 is 5.32 Å².